The summed E-state index contributed by atoms with van der Waals surface area (Å²) in [5.41, 5.74) is 0. The summed E-state index contributed by atoms with van der Waals surface area (Å²) in [5.74, 6) is -1.57. The van der Waals surface area contributed by atoms with Crippen LogP contribution in [0.4, 0.5) is 0 Å². The third-order valence-corrected chi connectivity index (χ3v) is 11.0. The highest BCUT2D eigenvalue weighted by atomic mass is 16.8. The molecule has 0 bridgehead atoms. The van der Waals surface area contributed by atoms with E-state index in [0.29, 0.717) is 0 Å². The van der Waals surface area contributed by atoms with Crippen LogP contribution in [0.5, 0.6) is 0 Å². The van der Waals surface area contributed by atoms with E-state index in [1.165, 1.54) is 13.8 Å². The van der Waals surface area contributed by atoms with Crippen LogP contribution in [0.3, 0.4) is 0 Å². The van der Waals surface area contributed by atoms with Crippen molar-refractivity contribution in [3.63, 3.8) is 0 Å². The largest absolute Gasteiger partial charge is 0.394 e. The maximum atomic E-state index is 12.7. The summed E-state index contributed by atoms with van der Waals surface area (Å²) in [7, 11) is 0. The number of aliphatic hydroxyl groups is 13. The van der Waals surface area contributed by atoms with Gasteiger partial charge in [-0.25, -0.2) is 0 Å². The van der Waals surface area contributed by atoms with Crippen LogP contribution in [0, 0.1) is 0 Å². The smallest absolute Gasteiger partial charge is 0.217 e. The predicted octanol–water partition coefficient (Wildman–Crippen LogP) is -9.58. The van der Waals surface area contributed by atoms with Gasteiger partial charge in [-0.05, 0) is 13.8 Å². The molecular weight excluding hydrogens is 820 g/mol. The summed E-state index contributed by atoms with van der Waals surface area (Å²) < 4.78 is 51.9. The van der Waals surface area contributed by atoms with Crippen molar-refractivity contribution in [2.45, 2.75) is 181 Å². The van der Waals surface area contributed by atoms with Crippen molar-refractivity contribution < 1.29 is 119 Å². The van der Waals surface area contributed by atoms with Gasteiger partial charge in [-0.15, -0.1) is 0 Å². The predicted molar refractivity (Wildman–Crippen MR) is 187 cm³/mol. The molecule has 0 spiro atoms. The van der Waals surface area contributed by atoms with E-state index < -0.39 is 185 Å². The minimum Gasteiger partial charge on any atom is -0.394 e. The van der Waals surface area contributed by atoms with Crippen molar-refractivity contribution in [2.75, 3.05) is 19.8 Å². The van der Waals surface area contributed by atoms with Crippen LogP contribution in [0.15, 0.2) is 0 Å². The molecule has 0 unspecified atom stereocenters. The van der Waals surface area contributed by atoms with Gasteiger partial charge in [0.25, 0.3) is 0 Å². The molecule has 0 aliphatic carbocycles. The Hall–Kier alpha value is -1.94. The van der Waals surface area contributed by atoms with Gasteiger partial charge in [-0.3, -0.25) is 9.59 Å². The number of ether oxygens (including phenoxy) is 9. The lowest BCUT2D eigenvalue weighted by Crippen LogP contribution is -2.71. The molecule has 0 saturated carbocycles. The average Bonchev–Trinajstić information content (AvgIpc) is 3.20. The van der Waals surface area contributed by atoms with E-state index in [0.717, 1.165) is 13.8 Å². The van der Waals surface area contributed by atoms with Crippen LogP contribution < -0.4 is 10.6 Å². The molecule has 5 aliphatic heterocycles. The highest BCUT2D eigenvalue weighted by Gasteiger charge is 2.57. The number of aliphatic hydroxyl groups excluding tert-OH is 13. The van der Waals surface area contributed by atoms with Crippen LogP contribution in [0.2, 0.25) is 0 Å². The number of carbonyl (C=O) groups excluding carboxylic acids is 2. The van der Waals surface area contributed by atoms with Gasteiger partial charge >= 0.3 is 0 Å². The molecule has 5 fully saturated rings. The normalized spacial score (nSPS) is 50.2. The topological polar surface area (TPSA) is 404 Å². The summed E-state index contributed by atoms with van der Waals surface area (Å²) in [5, 5.41) is 143. The molecule has 348 valence electrons. The van der Waals surface area contributed by atoms with Crippen LogP contribution >= 0.6 is 0 Å². The minimum absolute atomic E-state index is 0.769. The van der Waals surface area contributed by atoms with Crippen LogP contribution in [-0.2, 0) is 52.2 Å². The van der Waals surface area contributed by atoms with Crippen LogP contribution in [0.25, 0.3) is 0 Å². The van der Waals surface area contributed by atoms with Crippen molar-refractivity contribution in [2.24, 2.45) is 0 Å². The number of amides is 2. The zero-order valence-electron chi connectivity index (χ0n) is 32.9. The first-order valence-corrected chi connectivity index (χ1v) is 19.3. The Bertz CT molecular complexity index is 1410. The SMILES string of the molecule is CC(=O)N[C@H]1[C@@H](O[C@H]2[C@@H](O)[C@@H](CO)O[C@@H](O)[C@@H]2O[C@@H]2O[C@@H](C)[C@@H](O)[C@@H](O)[C@@H]2O)O[C@H](CO)[C@H](O)[C@@H]1O[C@H]1O[C@H](CO)[C@@H](O)[C@H](O[C@@H]2O[C@@H](C)[C@@H](O)[C@@H](O)[C@@H]2O)[C@H]1NC(C)=O. The van der Waals surface area contributed by atoms with Crippen molar-refractivity contribution in [1.82, 2.24) is 10.6 Å². The molecule has 26 heteroatoms. The van der Waals surface area contributed by atoms with Crippen molar-refractivity contribution in [1.29, 1.82) is 0 Å². The Labute approximate surface area is 342 Å². The van der Waals surface area contributed by atoms with Gasteiger partial charge in [-0.1, -0.05) is 0 Å². The van der Waals surface area contributed by atoms with Gasteiger partial charge in [0.15, 0.2) is 31.5 Å². The number of nitrogens with one attached hydrogen (secondary N) is 2. The summed E-state index contributed by atoms with van der Waals surface area (Å²) >= 11 is 0. The van der Waals surface area contributed by atoms with E-state index >= 15 is 0 Å². The third-order valence-electron chi connectivity index (χ3n) is 11.0. The lowest BCUT2D eigenvalue weighted by atomic mass is 9.93. The highest BCUT2D eigenvalue weighted by molar-refractivity contribution is 5.73. The Morgan fingerprint density at radius 2 is 0.767 bits per heavy atom. The maximum absolute atomic E-state index is 12.7. The average molecular weight is 879 g/mol. The zero-order valence-corrected chi connectivity index (χ0v) is 32.9. The third kappa shape index (κ3) is 10.4. The quantitative estimate of drug-likeness (QED) is 0.0817. The Morgan fingerprint density at radius 3 is 1.15 bits per heavy atom. The number of hydrogen-bond acceptors (Lipinski definition) is 24. The van der Waals surface area contributed by atoms with E-state index in [1.807, 2.05) is 0 Å². The van der Waals surface area contributed by atoms with E-state index in [9.17, 15) is 76.0 Å². The molecule has 0 aromatic rings. The molecule has 0 aromatic heterocycles. The molecule has 5 saturated heterocycles. The molecule has 0 aromatic carbocycles. The lowest BCUT2D eigenvalue weighted by Gasteiger charge is -2.51. The van der Waals surface area contributed by atoms with E-state index in [2.05, 4.69) is 10.6 Å². The molecule has 25 atom stereocenters. The second kappa shape index (κ2) is 20.7. The molecule has 15 N–H and O–H groups in total. The Balaban J connectivity index is 1.48. The van der Waals surface area contributed by atoms with Crippen LogP contribution in [0.1, 0.15) is 27.7 Å². The molecule has 60 heavy (non-hydrogen) atoms. The molecular formula is C34H58N2O24. The zero-order chi connectivity index (χ0) is 44.5. The summed E-state index contributed by atoms with van der Waals surface area (Å²) in [6.45, 7) is 2.04. The van der Waals surface area contributed by atoms with Gasteiger partial charge in [0.2, 0.25) is 11.8 Å². The second-order valence-electron chi connectivity index (χ2n) is 15.4. The highest BCUT2D eigenvalue weighted by Crippen LogP contribution is 2.36. The van der Waals surface area contributed by atoms with Crippen molar-refractivity contribution >= 4 is 11.8 Å². The van der Waals surface area contributed by atoms with E-state index in [4.69, 9.17) is 42.6 Å². The van der Waals surface area contributed by atoms with Gasteiger partial charge in [0, 0.05) is 13.8 Å². The summed E-state index contributed by atoms with van der Waals surface area (Å²) in [6.07, 6.45) is -39.8. The van der Waals surface area contributed by atoms with Crippen molar-refractivity contribution in [3.05, 3.63) is 0 Å². The number of hydrogen-bond donors (Lipinski definition) is 15. The fourth-order valence-electron chi connectivity index (χ4n) is 7.70. The first-order valence-electron chi connectivity index (χ1n) is 19.3. The lowest BCUT2D eigenvalue weighted by molar-refractivity contribution is -0.386. The Kier molecular flexibility index (Phi) is 16.9. The minimum atomic E-state index is -2.06. The molecule has 5 heterocycles. The summed E-state index contributed by atoms with van der Waals surface area (Å²) in [4.78, 5) is 25.3. The number of rotatable bonds is 13. The first-order chi connectivity index (χ1) is 28.2. The maximum Gasteiger partial charge on any atom is 0.217 e. The monoisotopic (exact) mass is 878 g/mol. The molecule has 5 aliphatic rings. The summed E-state index contributed by atoms with van der Waals surface area (Å²) in [6, 6.07) is -3.32. The molecule has 5 rings (SSSR count). The van der Waals surface area contributed by atoms with Gasteiger partial charge in [-0.2, -0.15) is 0 Å². The number of carbonyl (C=O) groups is 2. The van der Waals surface area contributed by atoms with Gasteiger partial charge in [0.05, 0.1) is 32.0 Å². The first kappa shape index (κ1) is 49.1. The van der Waals surface area contributed by atoms with E-state index in [-0.39, 0.29) is 0 Å². The fourth-order valence-corrected chi connectivity index (χ4v) is 7.70. The van der Waals surface area contributed by atoms with Crippen LogP contribution in [-0.4, -0.2) is 251 Å². The van der Waals surface area contributed by atoms with Gasteiger partial charge in [0.1, 0.15) is 110 Å². The Morgan fingerprint density at radius 1 is 0.433 bits per heavy atom. The fraction of sp³-hybridized carbons (Fsp3) is 0.941. The van der Waals surface area contributed by atoms with Gasteiger partial charge < -0.3 is 120 Å². The van der Waals surface area contributed by atoms with Crippen molar-refractivity contribution in [3.8, 4) is 0 Å². The standard InChI is InChI=1S/C34H58N2O24/c1-8-17(42)22(47)24(49)33(52-8)58-27-16(36-11(4)41)31(55-14(7-39)20(27)45)57-26-15(35-10(3)40)32(56-13(6-38)19(26)44)59-28-21(46)12(5-37)54-30(51)29(28)60-34-25(50)23(48)18(43)9(2)53-34/h8-9,12-34,37-39,42-51H,5-7H2,1-4H3,(H,35,40)(H,36,41)/t8-,9-,12+,13+,14+,15+,16+,17+,18+,19-,20+,21-,22+,23+,24-,25-,26+,27+,28-,29+,30+,31+,32+,33-,34-/m0/s1. The van der Waals surface area contributed by atoms with E-state index in [1.54, 1.807) is 0 Å². The second-order valence-corrected chi connectivity index (χ2v) is 15.4. The molecule has 2 amide bonds. The molecule has 0 radical (unpaired) electrons. The molecule has 26 nitrogen and oxygen atoms in total.